The molecule has 0 aromatic heterocycles. The van der Waals surface area contributed by atoms with Crippen molar-refractivity contribution >= 4 is 34.9 Å². The molecule has 0 bridgehead atoms. The van der Waals surface area contributed by atoms with Gasteiger partial charge in [-0.3, -0.25) is 25.0 Å². The summed E-state index contributed by atoms with van der Waals surface area (Å²) in [5, 5.41) is 14.0. The Balaban J connectivity index is 1.93. The third-order valence-corrected chi connectivity index (χ3v) is 7.19. The molecule has 0 unspecified atom stereocenters. The molecule has 190 valence electrons. The Morgan fingerprint density at radius 3 is 2.36 bits per heavy atom. The number of nitro groups is 1. The third-order valence-electron chi connectivity index (χ3n) is 7.19. The lowest BCUT2D eigenvalue weighted by Crippen LogP contribution is -2.72. The van der Waals surface area contributed by atoms with Crippen LogP contribution in [0.1, 0.15) is 56.2 Å². The van der Waals surface area contributed by atoms with E-state index in [1.165, 1.54) is 12.1 Å². The fraction of sp³-hybridized carbons (Fsp3) is 0.444. The van der Waals surface area contributed by atoms with Crippen molar-refractivity contribution in [2.45, 2.75) is 65.8 Å². The van der Waals surface area contributed by atoms with Crippen molar-refractivity contribution in [2.24, 2.45) is 5.41 Å². The number of amides is 4. The van der Waals surface area contributed by atoms with Gasteiger partial charge in [0.15, 0.2) is 5.41 Å². The van der Waals surface area contributed by atoms with Crippen molar-refractivity contribution in [3.63, 3.8) is 0 Å². The molecule has 2 aromatic rings. The normalized spacial score (nSPS) is 21.6. The van der Waals surface area contributed by atoms with Crippen LogP contribution in [0.15, 0.2) is 36.4 Å². The molecule has 0 radical (unpaired) electrons. The summed E-state index contributed by atoms with van der Waals surface area (Å²) in [4.78, 5) is 55.3. The van der Waals surface area contributed by atoms with Gasteiger partial charge >= 0.3 is 6.03 Å². The number of hydrogen-bond donors (Lipinski definition) is 1. The van der Waals surface area contributed by atoms with Gasteiger partial charge in [0.25, 0.3) is 11.6 Å². The summed E-state index contributed by atoms with van der Waals surface area (Å²) in [5.74, 6) is -1.23. The Bertz CT molecular complexity index is 1220. The molecule has 2 atom stereocenters. The second-order valence-electron chi connectivity index (χ2n) is 9.82. The molecule has 4 amide bonds. The molecule has 0 aliphatic carbocycles. The lowest BCUT2D eigenvalue weighted by molar-refractivity contribution is -0.384. The molecule has 1 saturated heterocycles. The van der Waals surface area contributed by atoms with Crippen LogP contribution in [0.3, 0.4) is 0 Å². The minimum Gasteiger partial charge on any atom is -0.367 e. The maximum Gasteiger partial charge on any atom is 0.335 e. The van der Waals surface area contributed by atoms with Gasteiger partial charge in [-0.25, -0.2) is 9.69 Å². The number of rotatable bonds is 7. The molecule has 2 heterocycles. The highest BCUT2D eigenvalue weighted by molar-refractivity contribution is 6.30. The quantitative estimate of drug-likeness (QED) is 0.337. The smallest absolute Gasteiger partial charge is 0.335 e. The van der Waals surface area contributed by atoms with Crippen LogP contribution in [-0.4, -0.2) is 35.4 Å². The maximum atomic E-state index is 14.4. The average molecular weight is 493 g/mol. The first-order valence-electron chi connectivity index (χ1n) is 12.5. The van der Waals surface area contributed by atoms with E-state index in [1.807, 2.05) is 26.8 Å². The third kappa shape index (κ3) is 4.12. The van der Waals surface area contributed by atoms with Gasteiger partial charge < -0.3 is 4.90 Å². The molecular weight excluding hydrogens is 460 g/mol. The van der Waals surface area contributed by atoms with Crippen LogP contribution in [0.4, 0.5) is 21.9 Å². The van der Waals surface area contributed by atoms with E-state index in [0.29, 0.717) is 24.2 Å². The van der Waals surface area contributed by atoms with E-state index in [4.69, 9.17) is 0 Å². The summed E-state index contributed by atoms with van der Waals surface area (Å²) in [6.45, 7) is 8.41. The number of aryl methyl sites for hydroxylation is 2. The zero-order valence-corrected chi connectivity index (χ0v) is 21.2. The van der Waals surface area contributed by atoms with E-state index in [2.05, 4.69) is 17.1 Å². The molecule has 2 aromatic carbocycles. The predicted octanol–water partition coefficient (Wildman–Crippen LogP) is 4.81. The summed E-state index contributed by atoms with van der Waals surface area (Å²) in [7, 11) is 0. The highest BCUT2D eigenvalue weighted by Gasteiger charge is 2.62. The van der Waals surface area contributed by atoms with Crippen molar-refractivity contribution in [1.29, 1.82) is 0 Å². The number of fused-ring (bicyclic) bond motifs is 1. The maximum absolute atomic E-state index is 14.4. The van der Waals surface area contributed by atoms with Gasteiger partial charge in [0.2, 0.25) is 5.91 Å². The molecular formula is C27H32N4O5. The van der Waals surface area contributed by atoms with E-state index in [9.17, 15) is 24.5 Å². The second-order valence-corrected chi connectivity index (χ2v) is 9.82. The van der Waals surface area contributed by atoms with Gasteiger partial charge in [0, 0.05) is 30.8 Å². The summed E-state index contributed by atoms with van der Waals surface area (Å²) >= 11 is 0. The van der Waals surface area contributed by atoms with Crippen LogP contribution >= 0.6 is 0 Å². The lowest BCUT2D eigenvalue weighted by atomic mass is 9.67. The van der Waals surface area contributed by atoms with Crippen molar-refractivity contribution in [3.05, 3.63) is 63.2 Å². The van der Waals surface area contributed by atoms with Crippen LogP contribution in [0.2, 0.25) is 0 Å². The molecule has 1 N–H and O–H groups in total. The number of unbranched alkanes of at least 4 members (excludes halogenated alkanes) is 1. The van der Waals surface area contributed by atoms with Crippen molar-refractivity contribution in [1.82, 2.24) is 5.32 Å². The van der Waals surface area contributed by atoms with E-state index in [-0.39, 0.29) is 12.1 Å². The van der Waals surface area contributed by atoms with Crippen LogP contribution in [0.25, 0.3) is 0 Å². The number of urea groups is 1. The number of barbiturate groups is 1. The van der Waals surface area contributed by atoms with E-state index >= 15 is 0 Å². The summed E-state index contributed by atoms with van der Waals surface area (Å²) in [6, 6.07) is 8.80. The minimum atomic E-state index is -1.60. The number of carbonyl (C=O) groups excluding carboxylic acids is 3. The van der Waals surface area contributed by atoms with Crippen molar-refractivity contribution in [2.75, 3.05) is 16.3 Å². The van der Waals surface area contributed by atoms with Gasteiger partial charge in [0.05, 0.1) is 16.7 Å². The van der Waals surface area contributed by atoms with Crippen LogP contribution in [-0.2, 0) is 16.0 Å². The number of carbonyl (C=O) groups is 3. The Morgan fingerprint density at radius 1 is 1.06 bits per heavy atom. The first kappa shape index (κ1) is 25.3. The molecule has 9 heteroatoms. The highest BCUT2D eigenvalue weighted by atomic mass is 16.6. The number of hydrogen-bond acceptors (Lipinski definition) is 6. The van der Waals surface area contributed by atoms with E-state index in [0.717, 1.165) is 41.0 Å². The molecule has 1 fully saturated rings. The van der Waals surface area contributed by atoms with E-state index < -0.39 is 34.2 Å². The lowest BCUT2D eigenvalue weighted by Gasteiger charge is -2.52. The second kappa shape index (κ2) is 9.72. The summed E-state index contributed by atoms with van der Waals surface area (Å²) in [6.07, 6.45) is 2.97. The van der Waals surface area contributed by atoms with Gasteiger partial charge in [-0.2, -0.15) is 0 Å². The van der Waals surface area contributed by atoms with E-state index in [1.54, 1.807) is 18.2 Å². The molecule has 9 nitrogen and oxygen atoms in total. The van der Waals surface area contributed by atoms with Crippen molar-refractivity contribution < 1.29 is 19.3 Å². The van der Waals surface area contributed by atoms with Crippen LogP contribution in [0, 0.1) is 29.4 Å². The summed E-state index contributed by atoms with van der Waals surface area (Å²) < 4.78 is 0. The standard InChI is InChI=1S/C27H32N4O5/c1-5-7-11-29-22-10-9-20(31(35)36)15-19(22)16-27(23(29)8-6-2)24(32)28-26(34)30(25(27)33)21-13-17(3)12-18(4)14-21/h9-10,12-15,23H,5-8,11,16H2,1-4H3,(H,28,32,34)/t23-,27+/m0/s1. The Kier molecular flexibility index (Phi) is 6.84. The monoisotopic (exact) mass is 492 g/mol. The van der Waals surface area contributed by atoms with Crippen molar-refractivity contribution in [3.8, 4) is 0 Å². The fourth-order valence-corrected chi connectivity index (χ4v) is 5.66. The molecule has 4 rings (SSSR count). The number of anilines is 2. The molecule has 2 aliphatic heterocycles. The molecule has 2 aliphatic rings. The number of nitrogens with zero attached hydrogens (tertiary/aromatic N) is 3. The van der Waals surface area contributed by atoms with Gasteiger partial charge in [0.1, 0.15) is 0 Å². The fourth-order valence-electron chi connectivity index (χ4n) is 5.66. The van der Waals surface area contributed by atoms with Gasteiger partial charge in [-0.05, 0) is 61.6 Å². The molecule has 36 heavy (non-hydrogen) atoms. The van der Waals surface area contributed by atoms with Gasteiger partial charge in [-0.15, -0.1) is 0 Å². The zero-order chi connectivity index (χ0) is 26.2. The minimum absolute atomic E-state index is 0.0173. The Morgan fingerprint density at radius 2 is 1.75 bits per heavy atom. The summed E-state index contributed by atoms with van der Waals surface area (Å²) in [5.41, 5.74) is 1.84. The number of nitro benzene ring substituents is 1. The van der Waals surface area contributed by atoms with Crippen LogP contribution < -0.4 is 15.1 Å². The molecule has 1 spiro atoms. The number of benzene rings is 2. The highest BCUT2D eigenvalue weighted by Crippen LogP contribution is 2.47. The number of non-ortho nitro benzene ring substituents is 1. The first-order valence-corrected chi connectivity index (χ1v) is 12.5. The average Bonchev–Trinajstić information content (AvgIpc) is 2.81. The number of imide groups is 2. The SMILES string of the molecule is CCCCN1c2ccc([N+](=O)[O-])cc2C[C@]2(C(=O)NC(=O)N(c3cc(C)cc(C)c3)C2=O)[C@@H]1CCC. The van der Waals surface area contributed by atoms with Crippen LogP contribution in [0.5, 0.6) is 0 Å². The topological polar surface area (TPSA) is 113 Å². The largest absolute Gasteiger partial charge is 0.367 e. The Hall–Kier alpha value is -3.75. The number of nitrogens with one attached hydrogen (secondary N) is 1. The zero-order valence-electron chi connectivity index (χ0n) is 21.2. The molecule has 0 saturated carbocycles. The van der Waals surface area contributed by atoms with Gasteiger partial charge in [-0.1, -0.05) is 32.8 Å². The Labute approximate surface area is 210 Å². The predicted molar refractivity (Wildman–Crippen MR) is 137 cm³/mol. The first-order chi connectivity index (χ1) is 17.1.